The summed E-state index contributed by atoms with van der Waals surface area (Å²) >= 11 is 5.99. The van der Waals surface area contributed by atoms with Crippen molar-refractivity contribution in [3.63, 3.8) is 0 Å². The van der Waals surface area contributed by atoms with Gasteiger partial charge >= 0.3 is 0 Å². The molecule has 0 bridgehead atoms. The van der Waals surface area contributed by atoms with Crippen LogP contribution < -0.4 is 20.7 Å². The average Bonchev–Trinajstić information content (AvgIpc) is 3.49. The molecule has 0 aromatic heterocycles. The van der Waals surface area contributed by atoms with Crippen LogP contribution in [0.5, 0.6) is 5.75 Å². The first-order chi connectivity index (χ1) is 13.0. The molecule has 1 aliphatic rings. The number of halogens is 1. The van der Waals surface area contributed by atoms with Crippen LogP contribution >= 0.6 is 11.6 Å². The maximum atomic E-state index is 12.5. The lowest BCUT2D eigenvalue weighted by Crippen LogP contribution is -2.32. The molecule has 1 saturated carbocycles. The number of amides is 2. The average molecular weight is 388 g/mol. The van der Waals surface area contributed by atoms with E-state index in [1.165, 1.54) is 7.11 Å². The Morgan fingerprint density at radius 3 is 2.37 bits per heavy atom. The van der Waals surface area contributed by atoms with E-state index in [1.54, 1.807) is 25.1 Å². The van der Waals surface area contributed by atoms with E-state index in [9.17, 15) is 9.59 Å². The predicted molar refractivity (Wildman–Crippen MR) is 108 cm³/mol. The molecule has 1 atom stereocenters. The van der Waals surface area contributed by atoms with Gasteiger partial charge in [-0.05, 0) is 62.2 Å². The number of methoxy groups -OCH3 is 1. The van der Waals surface area contributed by atoms with Gasteiger partial charge in [-0.1, -0.05) is 11.6 Å². The fourth-order valence-corrected chi connectivity index (χ4v) is 2.75. The maximum absolute atomic E-state index is 12.5. The van der Waals surface area contributed by atoms with Crippen LogP contribution in [-0.2, 0) is 9.59 Å². The van der Waals surface area contributed by atoms with Gasteiger partial charge in [0, 0.05) is 22.3 Å². The third-order valence-electron chi connectivity index (χ3n) is 4.30. The number of rotatable bonds is 7. The second-order valence-corrected chi connectivity index (χ2v) is 6.98. The molecule has 2 aromatic carbocycles. The van der Waals surface area contributed by atoms with Crippen LogP contribution in [0.1, 0.15) is 19.8 Å². The van der Waals surface area contributed by atoms with Gasteiger partial charge in [-0.15, -0.1) is 0 Å². The number of benzene rings is 2. The normalized spacial score (nSPS) is 14.2. The van der Waals surface area contributed by atoms with Crippen molar-refractivity contribution in [2.24, 2.45) is 5.92 Å². The number of anilines is 3. The lowest BCUT2D eigenvalue weighted by atomic mass is 10.2. The van der Waals surface area contributed by atoms with Gasteiger partial charge in [0.25, 0.3) is 0 Å². The highest BCUT2D eigenvalue weighted by Gasteiger charge is 2.29. The highest BCUT2D eigenvalue weighted by molar-refractivity contribution is 6.31. The molecule has 0 spiro atoms. The number of hydrogen-bond donors (Lipinski definition) is 3. The fraction of sp³-hybridized carbons (Fsp3) is 0.300. The third-order valence-corrected chi connectivity index (χ3v) is 4.53. The Morgan fingerprint density at radius 1 is 1.07 bits per heavy atom. The summed E-state index contributed by atoms with van der Waals surface area (Å²) < 4.78 is 5.24. The largest absolute Gasteiger partial charge is 0.495 e. The summed E-state index contributed by atoms with van der Waals surface area (Å²) in [6.07, 6.45) is 1.94. The summed E-state index contributed by atoms with van der Waals surface area (Å²) in [7, 11) is 1.53. The summed E-state index contributed by atoms with van der Waals surface area (Å²) in [4.78, 5) is 24.2. The second-order valence-electron chi connectivity index (χ2n) is 6.54. The van der Waals surface area contributed by atoms with Crippen molar-refractivity contribution >= 4 is 40.5 Å². The lowest BCUT2D eigenvalue weighted by Gasteiger charge is -2.17. The van der Waals surface area contributed by atoms with Crippen molar-refractivity contribution in [2.75, 3.05) is 23.1 Å². The third kappa shape index (κ3) is 5.14. The molecule has 1 aliphatic carbocycles. The molecule has 2 aromatic rings. The van der Waals surface area contributed by atoms with Crippen LogP contribution in [0.4, 0.5) is 17.1 Å². The second kappa shape index (κ2) is 8.31. The number of ether oxygens (including phenoxy) is 1. The highest BCUT2D eigenvalue weighted by Crippen LogP contribution is 2.30. The zero-order valence-electron chi connectivity index (χ0n) is 15.2. The van der Waals surface area contributed by atoms with E-state index in [0.29, 0.717) is 16.5 Å². The lowest BCUT2D eigenvalue weighted by molar-refractivity contribution is -0.117. The minimum Gasteiger partial charge on any atom is -0.495 e. The van der Waals surface area contributed by atoms with Crippen LogP contribution in [0.2, 0.25) is 5.02 Å². The molecule has 0 unspecified atom stereocenters. The summed E-state index contributed by atoms with van der Waals surface area (Å²) in [5, 5.41) is 9.34. The Balaban J connectivity index is 1.57. The highest BCUT2D eigenvalue weighted by atomic mass is 35.5. The number of hydrogen-bond acceptors (Lipinski definition) is 4. The van der Waals surface area contributed by atoms with Crippen LogP contribution in [0.3, 0.4) is 0 Å². The summed E-state index contributed by atoms with van der Waals surface area (Å²) in [5.74, 6) is 0.548. The zero-order valence-corrected chi connectivity index (χ0v) is 16.0. The van der Waals surface area contributed by atoms with Crippen molar-refractivity contribution in [1.29, 1.82) is 0 Å². The molecule has 0 radical (unpaired) electrons. The van der Waals surface area contributed by atoms with E-state index in [2.05, 4.69) is 16.0 Å². The molecule has 1 fully saturated rings. The molecule has 3 N–H and O–H groups in total. The minimum absolute atomic E-state index is 0.0684. The van der Waals surface area contributed by atoms with Gasteiger partial charge in [0.15, 0.2) is 0 Å². The molecule has 27 heavy (non-hydrogen) atoms. The summed E-state index contributed by atoms with van der Waals surface area (Å²) in [6, 6.07) is 11.8. The van der Waals surface area contributed by atoms with E-state index in [1.807, 2.05) is 24.3 Å². The van der Waals surface area contributed by atoms with Gasteiger partial charge in [-0.3, -0.25) is 9.59 Å². The van der Waals surface area contributed by atoms with Gasteiger partial charge in [0.1, 0.15) is 11.8 Å². The van der Waals surface area contributed by atoms with Crippen LogP contribution in [0, 0.1) is 5.92 Å². The molecule has 0 heterocycles. The van der Waals surface area contributed by atoms with Crippen LogP contribution in [0.25, 0.3) is 0 Å². The predicted octanol–water partition coefficient (Wildman–Crippen LogP) is 4.14. The minimum atomic E-state index is -0.486. The SMILES string of the molecule is COc1ccc(Cl)cc1NC(=O)[C@H](C)Nc1ccc(NC(=O)C2CC2)cc1. The molecule has 6 nitrogen and oxygen atoms in total. The maximum Gasteiger partial charge on any atom is 0.246 e. The first-order valence-electron chi connectivity index (χ1n) is 8.78. The zero-order chi connectivity index (χ0) is 19.4. The topological polar surface area (TPSA) is 79.5 Å². The van der Waals surface area contributed by atoms with Crippen molar-refractivity contribution < 1.29 is 14.3 Å². The number of carbonyl (C=O) groups excluding carboxylic acids is 2. The standard InChI is InChI=1S/C20H22ClN3O3/c1-12(19(25)24-17-11-14(21)5-10-18(17)27-2)22-15-6-8-16(9-7-15)23-20(26)13-3-4-13/h5-13,22H,3-4H2,1-2H3,(H,23,26)(H,24,25)/t12-/m0/s1. The Kier molecular flexibility index (Phi) is 5.86. The number of carbonyl (C=O) groups is 2. The van der Waals surface area contributed by atoms with Crippen LogP contribution in [0.15, 0.2) is 42.5 Å². The van der Waals surface area contributed by atoms with E-state index < -0.39 is 6.04 Å². The van der Waals surface area contributed by atoms with Crippen molar-refractivity contribution in [2.45, 2.75) is 25.8 Å². The monoisotopic (exact) mass is 387 g/mol. The quantitative estimate of drug-likeness (QED) is 0.667. The van der Waals surface area contributed by atoms with Crippen molar-refractivity contribution in [3.8, 4) is 5.75 Å². The number of nitrogens with one attached hydrogen (secondary N) is 3. The van der Waals surface area contributed by atoms with Gasteiger partial charge < -0.3 is 20.7 Å². The van der Waals surface area contributed by atoms with Gasteiger partial charge in [-0.2, -0.15) is 0 Å². The molecule has 0 saturated heterocycles. The van der Waals surface area contributed by atoms with Gasteiger partial charge in [0.05, 0.1) is 12.8 Å². The van der Waals surface area contributed by atoms with Gasteiger partial charge in [-0.25, -0.2) is 0 Å². The van der Waals surface area contributed by atoms with E-state index in [4.69, 9.17) is 16.3 Å². The Labute approximate surface area is 163 Å². The van der Waals surface area contributed by atoms with E-state index in [-0.39, 0.29) is 17.7 Å². The summed E-state index contributed by atoms with van der Waals surface area (Å²) in [6.45, 7) is 1.76. The first-order valence-corrected chi connectivity index (χ1v) is 9.16. The van der Waals surface area contributed by atoms with E-state index in [0.717, 1.165) is 24.2 Å². The molecule has 3 rings (SSSR count). The van der Waals surface area contributed by atoms with Crippen LogP contribution in [-0.4, -0.2) is 25.0 Å². The molecule has 7 heteroatoms. The van der Waals surface area contributed by atoms with Crippen molar-refractivity contribution in [3.05, 3.63) is 47.5 Å². The van der Waals surface area contributed by atoms with Crippen molar-refractivity contribution in [1.82, 2.24) is 0 Å². The van der Waals surface area contributed by atoms with E-state index >= 15 is 0 Å². The first kappa shape index (κ1) is 19.0. The van der Waals surface area contributed by atoms with Gasteiger partial charge in [0.2, 0.25) is 11.8 Å². The molecule has 142 valence electrons. The Morgan fingerprint density at radius 2 is 1.74 bits per heavy atom. The summed E-state index contributed by atoms with van der Waals surface area (Å²) in [5.41, 5.74) is 2.04. The Hall–Kier alpha value is -2.73. The molecule has 0 aliphatic heterocycles. The fourth-order valence-electron chi connectivity index (χ4n) is 2.57. The molecular weight excluding hydrogens is 366 g/mol. The smallest absolute Gasteiger partial charge is 0.246 e. The molecular formula is C20H22ClN3O3. The Bertz CT molecular complexity index is 835. The molecule has 2 amide bonds.